The summed E-state index contributed by atoms with van der Waals surface area (Å²) in [6.07, 6.45) is 2.70. The number of hydrogen-bond acceptors (Lipinski definition) is 3. The van der Waals surface area contributed by atoms with Crippen LogP contribution in [-0.2, 0) is 0 Å². The maximum Gasteiger partial charge on any atom is 0.147 e. The van der Waals surface area contributed by atoms with Crippen molar-refractivity contribution in [1.82, 2.24) is 4.98 Å². The van der Waals surface area contributed by atoms with Crippen LogP contribution in [0.5, 0.6) is 0 Å². The van der Waals surface area contributed by atoms with Crippen molar-refractivity contribution in [3.63, 3.8) is 0 Å². The standard InChI is InChI=1S/C11H15Cl2N3/c1-11(6-14)2-3-16(7-11)10-9(13)4-8(12)5-15-10/h4-5H,2-3,6-7,14H2,1H3. The molecule has 2 heterocycles. The predicted octanol–water partition coefficient (Wildman–Crippen LogP) is 2.56. The van der Waals surface area contributed by atoms with Gasteiger partial charge in [-0.05, 0) is 24.4 Å². The van der Waals surface area contributed by atoms with Gasteiger partial charge in [-0.25, -0.2) is 4.98 Å². The molecule has 0 aliphatic carbocycles. The minimum atomic E-state index is 0.171. The van der Waals surface area contributed by atoms with Gasteiger partial charge in [-0.3, -0.25) is 0 Å². The second-order valence-corrected chi connectivity index (χ2v) is 5.49. The second kappa shape index (κ2) is 4.40. The maximum atomic E-state index is 6.13. The number of halogens is 2. The van der Waals surface area contributed by atoms with Crippen LogP contribution in [0, 0.1) is 5.41 Å². The summed E-state index contributed by atoms with van der Waals surface area (Å²) in [4.78, 5) is 6.45. The van der Waals surface area contributed by atoms with Gasteiger partial charge in [0.1, 0.15) is 5.82 Å². The molecular weight excluding hydrogens is 245 g/mol. The molecule has 1 aromatic heterocycles. The van der Waals surface area contributed by atoms with Gasteiger partial charge in [-0.2, -0.15) is 0 Å². The first-order valence-electron chi connectivity index (χ1n) is 5.30. The van der Waals surface area contributed by atoms with Crippen molar-refractivity contribution < 1.29 is 0 Å². The first-order valence-corrected chi connectivity index (χ1v) is 6.06. The highest BCUT2D eigenvalue weighted by Crippen LogP contribution is 2.35. The Morgan fingerprint density at radius 1 is 1.56 bits per heavy atom. The minimum Gasteiger partial charge on any atom is -0.355 e. The molecule has 2 rings (SSSR count). The summed E-state index contributed by atoms with van der Waals surface area (Å²) >= 11 is 11.9. The SMILES string of the molecule is CC1(CN)CCN(c2ncc(Cl)cc2Cl)C1. The molecule has 0 bridgehead atoms. The summed E-state index contributed by atoms with van der Waals surface area (Å²) < 4.78 is 0. The average molecular weight is 260 g/mol. The molecule has 5 heteroatoms. The molecule has 1 aromatic rings. The zero-order valence-corrected chi connectivity index (χ0v) is 10.7. The second-order valence-electron chi connectivity index (χ2n) is 4.65. The molecule has 2 N–H and O–H groups in total. The largest absolute Gasteiger partial charge is 0.355 e. The number of hydrogen-bond donors (Lipinski definition) is 1. The monoisotopic (exact) mass is 259 g/mol. The van der Waals surface area contributed by atoms with E-state index in [0.717, 1.165) is 25.3 Å². The Labute approximate surface area is 106 Å². The lowest BCUT2D eigenvalue weighted by molar-refractivity contribution is 0.383. The van der Waals surface area contributed by atoms with Gasteiger partial charge >= 0.3 is 0 Å². The molecule has 3 nitrogen and oxygen atoms in total. The number of rotatable bonds is 2. The van der Waals surface area contributed by atoms with Gasteiger partial charge in [0.2, 0.25) is 0 Å². The lowest BCUT2D eigenvalue weighted by Crippen LogP contribution is -2.31. The molecule has 1 unspecified atom stereocenters. The topological polar surface area (TPSA) is 42.1 Å². The van der Waals surface area contributed by atoms with Crippen LogP contribution >= 0.6 is 23.2 Å². The van der Waals surface area contributed by atoms with Crippen molar-refractivity contribution in [2.24, 2.45) is 11.1 Å². The van der Waals surface area contributed by atoms with Crippen molar-refractivity contribution in [3.8, 4) is 0 Å². The molecule has 88 valence electrons. The Kier molecular flexibility index (Phi) is 3.29. The first kappa shape index (κ1) is 12.0. The molecule has 1 saturated heterocycles. The van der Waals surface area contributed by atoms with Crippen LogP contribution in [-0.4, -0.2) is 24.6 Å². The van der Waals surface area contributed by atoms with Crippen LogP contribution in [0.3, 0.4) is 0 Å². The Balaban J connectivity index is 2.21. The number of nitrogens with zero attached hydrogens (tertiary/aromatic N) is 2. The van der Waals surface area contributed by atoms with Gasteiger partial charge in [0.05, 0.1) is 10.0 Å². The van der Waals surface area contributed by atoms with Crippen LogP contribution in [0.15, 0.2) is 12.3 Å². The fourth-order valence-electron chi connectivity index (χ4n) is 2.01. The summed E-state index contributed by atoms with van der Waals surface area (Å²) in [5, 5.41) is 1.17. The Hall–Kier alpha value is -0.510. The molecule has 0 spiro atoms. The van der Waals surface area contributed by atoms with E-state index >= 15 is 0 Å². The third-order valence-corrected chi connectivity index (χ3v) is 3.62. The highest BCUT2D eigenvalue weighted by molar-refractivity contribution is 6.36. The van der Waals surface area contributed by atoms with Gasteiger partial charge in [-0.15, -0.1) is 0 Å². The number of pyridine rings is 1. The number of aromatic nitrogens is 1. The molecular formula is C11H15Cl2N3. The van der Waals surface area contributed by atoms with Gasteiger partial charge in [0.15, 0.2) is 0 Å². The van der Waals surface area contributed by atoms with E-state index in [1.54, 1.807) is 12.3 Å². The minimum absolute atomic E-state index is 0.171. The molecule has 0 aromatic carbocycles. The number of anilines is 1. The van der Waals surface area contributed by atoms with Gasteiger partial charge < -0.3 is 10.6 Å². The summed E-state index contributed by atoms with van der Waals surface area (Å²) in [7, 11) is 0. The van der Waals surface area contributed by atoms with E-state index in [2.05, 4.69) is 16.8 Å². The van der Waals surface area contributed by atoms with E-state index < -0.39 is 0 Å². The highest BCUT2D eigenvalue weighted by Gasteiger charge is 2.33. The van der Waals surface area contributed by atoms with E-state index in [1.807, 2.05) is 0 Å². The fourth-order valence-corrected chi connectivity index (χ4v) is 2.51. The van der Waals surface area contributed by atoms with Crippen molar-refractivity contribution in [3.05, 3.63) is 22.3 Å². The first-order chi connectivity index (χ1) is 7.54. The van der Waals surface area contributed by atoms with Gasteiger partial charge in [0, 0.05) is 19.3 Å². The lowest BCUT2D eigenvalue weighted by Gasteiger charge is -2.23. The van der Waals surface area contributed by atoms with Crippen molar-refractivity contribution in [2.45, 2.75) is 13.3 Å². The van der Waals surface area contributed by atoms with Crippen LogP contribution < -0.4 is 10.6 Å². The Morgan fingerprint density at radius 3 is 2.88 bits per heavy atom. The third-order valence-electron chi connectivity index (χ3n) is 3.14. The van der Waals surface area contributed by atoms with E-state index in [9.17, 15) is 0 Å². The molecule has 0 radical (unpaired) electrons. The third kappa shape index (κ3) is 2.26. The molecule has 1 aliphatic heterocycles. The lowest BCUT2D eigenvalue weighted by atomic mass is 9.90. The molecule has 1 fully saturated rings. The maximum absolute atomic E-state index is 6.13. The molecule has 0 amide bonds. The van der Waals surface area contributed by atoms with Crippen LogP contribution in [0.2, 0.25) is 10.0 Å². The summed E-state index contributed by atoms with van der Waals surface area (Å²) in [5.74, 6) is 0.809. The van der Waals surface area contributed by atoms with Crippen LogP contribution in [0.1, 0.15) is 13.3 Å². The van der Waals surface area contributed by atoms with E-state index in [4.69, 9.17) is 28.9 Å². The molecule has 1 aliphatic rings. The van der Waals surface area contributed by atoms with Crippen molar-refractivity contribution in [1.29, 1.82) is 0 Å². The Bertz CT molecular complexity index is 397. The molecule has 1 atom stereocenters. The Morgan fingerprint density at radius 2 is 2.31 bits per heavy atom. The van der Waals surface area contributed by atoms with Gasteiger partial charge in [0.25, 0.3) is 0 Å². The highest BCUT2D eigenvalue weighted by atomic mass is 35.5. The van der Waals surface area contributed by atoms with E-state index in [1.165, 1.54) is 0 Å². The fraction of sp³-hybridized carbons (Fsp3) is 0.545. The normalized spacial score (nSPS) is 25.1. The van der Waals surface area contributed by atoms with Crippen molar-refractivity contribution >= 4 is 29.0 Å². The van der Waals surface area contributed by atoms with Crippen molar-refractivity contribution in [2.75, 3.05) is 24.5 Å². The molecule has 16 heavy (non-hydrogen) atoms. The van der Waals surface area contributed by atoms with E-state index in [-0.39, 0.29) is 5.41 Å². The summed E-state index contributed by atoms with van der Waals surface area (Å²) in [5.41, 5.74) is 5.94. The average Bonchev–Trinajstić information content (AvgIpc) is 2.62. The van der Waals surface area contributed by atoms with Crippen LogP contribution in [0.25, 0.3) is 0 Å². The summed E-state index contributed by atoms with van der Waals surface area (Å²) in [6, 6.07) is 1.73. The molecule has 0 saturated carbocycles. The summed E-state index contributed by atoms with van der Waals surface area (Å²) in [6.45, 7) is 4.73. The zero-order chi connectivity index (χ0) is 11.8. The number of nitrogens with two attached hydrogens (primary N) is 1. The van der Waals surface area contributed by atoms with E-state index in [0.29, 0.717) is 16.6 Å². The smallest absolute Gasteiger partial charge is 0.147 e. The predicted molar refractivity (Wildman–Crippen MR) is 68.2 cm³/mol. The van der Waals surface area contributed by atoms with Gasteiger partial charge in [-0.1, -0.05) is 30.1 Å². The van der Waals surface area contributed by atoms with Crippen LogP contribution in [0.4, 0.5) is 5.82 Å². The zero-order valence-electron chi connectivity index (χ0n) is 9.21. The quantitative estimate of drug-likeness (QED) is 0.888.